The Balaban J connectivity index is 0. The third-order valence-electron chi connectivity index (χ3n) is 1.18. The second-order valence-corrected chi connectivity index (χ2v) is 2.03. The fraction of sp³-hybridized carbons (Fsp3) is 0.800. The molecule has 1 heterocycles. The maximum absolute atomic E-state index is 3.91. The van der Waals surface area contributed by atoms with Crippen LogP contribution in [0.1, 0.15) is 53.9 Å². The van der Waals surface area contributed by atoms with E-state index in [1.165, 1.54) is 6.42 Å². The molecule has 0 saturated carbocycles. The van der Waals surface area contributed by atoms with Crippen molar-refractivity contribution in [3.63, 3.8) is 0 Å². The lowest BCUT2D eigenvalue weighted by atomic mass is 10.2. The fourth-order valence-corrected chi connectivity index (χ4v) is 0.696. The molecule has 0 amide bonds. The van der Waals surface area contributed by atoms with E-state index in [4.69, 9.17) is 0 Å². The number of hydrogen-bond acceptors (Lipinski definition) is 2. The van der Waals surface area contributed by atoms with Crippen LogP contribution in [-0.4, -0.2) is 11.9 Å². The molecule has 1 rings (SSSR count). The molecular weight excluding hydrogens is 148 g/mol. The first-order valence-corrected chi connectivity index (χ1v) is 4.94. The van der Waals surface area contributed by atoms with Crippen LogP contribution < -0.4 is 0 Å². The Morgan fingerprint density at radius 1 is 1.17 bits per heavy atom. The van der Waals surface area contributed by atoms with Gasteiger partial charge >= 0.3 is 0 Å². The first-order valence-electron chi connectivity index (χ1n) is 4.94. The normalized spacial score (nSPS) is 14.2. The van der Waals surface area contributed by atoms with Crippen LogP contribution in [0, 0.1) is 0 Å². The molecule has 0 fully saturated rings. The zero-order chi connectivity index (χ0) is 9.82. The van der Waals surface area contributed by atoms with Crippen LogP contribution in [0.2, 0.25) is 0 Å². The summed E-state index contributed by atoms with van der Waals surface area (Å²) in [4.78, 5) is 0. The van der Waals surface area contributed by atoms with Gasteiger partial charge in [0.2, 0.25) is 0 Å². The van der Waals surface area contributed by atoms with E-state index in [-0.39, 0.29) is 0 Å². The highest BCUT2D eigenvalue weighted by molar-refractivity contribution is 5.83. The van der Waals surface area contributed by atoms with E-state index in [2.05, 4.69) is 10.2 Å². The van der Waals surface area contributed by atoms with Gasteiger partial charge in [0, 0.05) is 11.9 Å². The topological polar surface area (TPSA) is 24.7 Å². The average molecular weight is 170 g/mol. The van der Waals surface area contributed by atoms with Gasteiger partial charge in [-0.3, -0.25) is 0 Å². The Morgan fingerprint density at radius 3 is 2.33 bits per heavy atom. The SMILES string of the molecule is CC.CC.CC1=NN=CCCC1. The molecule has 2 heteroatoms. The lowest BCUT2D eigenvalue weighted by Gasteiger charge is -1.88. The predicted molar refractivity (Wildman–Crippen MR) is 58.1 cm³/mol. The largest absolute Gasteiger partial charge is 0.164 e. The highest BCUT2D eigenvalue weighted by atomic mass is 15.2. The van der Waals surface area contributed by atoms with Crippen molar-refractivity contribution in [2.75, 3.05) is 0 Å². The summed E-state index contributed by atoms with van der Waals surface area (Å²) >= 11 is 0. The van der Waals surface area contributed by atoms with Gasteiger partial charge in [-0.2, -0.15) is 10.2 Å². The molecule has 1 aliphatic rings. The summed E-state index contributed by atoms with van der Waals surface area (Å²) in [6.07, 6.45) is 5.27. The molecule has 0 radical (unpaired) electrons. The minimum Gasteiger partial charge on any atom is -0.164 e. The minimum absolute atomic E-state index is 1.08. The van der Waals surface area contributed by atoms with E-state index in [9.17, 15) is 0 Å². The highest BCUT2D eigenvalue weighted by Gasteiger charge is 1.92. The van der Waals surface area contributed by atoms with Crippen molar-refractivity contribution in [1.82, 2.24) is 0 Å². The van der Waals surface area contributed by atoms with Crippen molar-refractivity contribution in [3.8, 4) is 0 Å². The number of rotatable bonds is 0. The summed E-state index contributed by atoms with van der Waals surface area (Å²) in [6.45, 7) is 10.0. The summed E-state index contributed by atoms with van der Waals surface area (Å²) in [7, 11) is 0. The van der Waals surface area contributed by atoms with Crippen LogP contribution in [0.25, 0.3) is 0 Å². The summed E-state index contributed by atoms with van der Waals surface area (Å²) < 4.78 is 0. The average Bonchev–Trinajstić information content (AvgIpc) is 2.40. The molecular formula is C10H22N2. The molecule has 2 nitrogen and oxygen atoms in total. The van der Waals surface area contributed by atoms with Crippen molar-refractivity contribution in [1.29, 1.82) is 0 Å². The molecule has 72 valence electrons. The molecule has 0 aromatic rings. The number of hydrogen-bond donors (Lipinski definition) is 0. The zero-order valence-electron chi connectivity index (χ0n) is 9.09. The van der Waals surface area contributed by atoms with Crippen molar-refractivity contribution in [2.24, 2.45) is 10.2 Å². The van der Waals surface area contributed by atoms with Gasteiger partial charge in [-0.15, -0.1) is 0 Å². The molecule has 1 aliphatic heterocycles. The van der Waals surface area contributed by atoms with Crippen molar-refractivity contribution < 1.29 is 0 Å². The lowest BCUT2D eigenvalue weighted by Crippen LogP contribution is -1.86. The predicted octanol–water partition coefficient (Wildman–Crippen LogP) is 3.67. The molecule has 0 bridgehead atoms. The molecule has 0 saturated heterocycles. The smallest absolute Gasteiger partial charge is 0.0375 e. The van der Waals surface area contributed by atoms with Crippen molar-refractivity contribution in [3.05, 3.63) is 0 Å². The zero-order valence-corrected chi connectivity index (χ0v) is 9.09. The Labute approximate surface area is 76.8 Å². The minimum atomic E-state index is 1.08. The molecule has 0 aromatic heterocycles. The van der Waals surface area contributed by atoms with Crippen LogP contribution >= 0.6 is 0 Å². The standard InChI is InChI=1S/C6H10N2.2C2H6/c1-6-4-2-3-5-7-8-6;2*1-2/h5H,2-4H2,1H3;2*1-2H3. The third-order valence-corrected chi connectivity index (χ3v) is 1.18. The maximum atomic E-state index is 3.91. The van der Waals surface area contributed by atoms with Gasteiger partial charge in [-0.25, -0.2) is 0 Å². The molecule has 0 atom stereocenters. The molecule has 0 aromatic carbocycles. The Bertz CT molecular complexity index is 126. The Morgan fingerprint density at radius 2 is 1.75 bits per heavy atom. The van der Waals surface area contributed by atoms with E-state index >= 15 is 0 Å². The maximum Gasteiger partial charge on any atom is 0.0375 e. The second-order valence-electron chi connectivity index (χ2n) is 2.03. The van der Waals surface area contributed by atoms with Crippen LogP contribution in [0.5, 0.6) is 0 Å². The van der Waals surface area contributed by atoms with Crippen molar-refractivity contribution in [2.45, 2.75) is 53.9 Å². The highest BCUT2D eigenvalue weighted by Crippen LogP contribution is 1.99. The molecule has 12 heavy (non-hydrogen) atoms. The first kappa shape index (κ1) is 13.9. The van der Waals surface area contributed by atoms with Gasteiger partial charge < -0.3 is 0 Å². The summed E-state index contributed by atoms with van der Waals surface area (Å²) in [5.74, 6) is 0. The fourth-order valence-electron chi connectivity index (χ4n) is 0.696. The van der Waals surface area contributed by atoms with Crippen LogP contribution in [0.15, 0.2) is 10.2 Å². The van der Waals surface area contributed by atoms with E-state index in [1.807, 2.05) is 40.8 Å². The Hall–Kier alpha value is -0.660. The monoisotopic (exact) mass is 170 g/mol. The molecule has 0 spiro atoms. The van der Waals surface area contributed by atoms with Crippen LogP contribution in [0.4, 0.5) is 0 Å². The summed E-state index contributed by atoms with van der Waals surface area (Å²) in [6, 6.07) is 0. The van der Waals surface area contributed by atoms with E-state index < -0.39 is 0 Å². The molecule has 0 unspecified atom stereocenters. The Kier molecular flexibility index (Phi) is 15.0. The van der Waals surface area contributed by atoms with Gasteiger partial charge in [0.1, 0.15) is 0 Å². The third kappa shape index (κ3) is 9.34. The van der Waals surface area contributed by atoms with Crippen molar-refractivity contribution >= 4 is 11.9 Å². The summed E-state index contributed by atoms with van der Waals surface area (Å²) in [5, 5.41) is 7.72. The van der Waals surface area contributed by atoms with E-state index in [0.29, 0.717) is 0 Å². The van der Waals surface area contributed by atoms with Gasteiger partial charge in [0.15, 0.2) is 0 Å². The van der Waals surface area contributed by atoms with Crippen LogP contribution in [-0.2, 0) is 0 Å². The number of nitrogens with zero attached hydrogens (tertiary/aromatic N) is 2. The first-order chi connectivity index (χ1) is 5.89. The van der Waals surface area contributed by atoms with E-state index in [1.54, 1.807) is 0 Å². The lowest BCUT2D eigenvalue weighted by molar-refractivity contribution is 0.939. The van der Waals surface area contributed by atoms with Gasteiger partial charge in [-0.1, -0.05) is 27.7 Å². The molecule has 0 aliphatic carbocycles. The van der Waals surface area contributed by atoms with E-state index in [0.717, 1.165) is 18.6 Å². The van der Waals surface area contributed by atoms with Crippen LogP contribution in [0.3, 0.4) is 0 Å². The molecule has 0 N–H and O–H groups in total. The summed E-state index contributed by atoms with van der Waals surface area (Å²) in [5.41, 5.74) is 1.15. The van der Waals surface area contributed by atoms with Gasteiger partial charge in [-0.05, 0) is 26.2 Å². The van der Waals surface area contributed by atoms with Gasteiger partial charge in [0.05, 0.1) is 0 Å². The quantitative estimate of drug-likeness (QED) is 0.530. The second kappa shape index (κ2) is 13.0. The van der Waals surface area contributed by atoms with Gasteiger partial charge in [0.25, 0.3) is 0 Å².